The Kier molecular flexibility index (Phi) is 3.51. The van der Waals surface area contributed by atoms with Crippen LogP contribution in [0.1, 0.15) is 26.7 Å². The van der Waals surface area contributed by atoms with Crippen molar-refractivity contribution in [2.45, 2.75) is 32.5 Å². The molecule has 1 fully saturated rings. The Morgan fingerprint density at radius 2 is 1.50 bits per heavy atom. The number of hydrogen-bond donors (Lipinski definition) is 0. The third-order valence-electron chi connectivity index (χ3n) is 2.36. The largest absolute Gasteiger partial charge is 0.349 e. The molecule has 0 aromatic rings. The van der Waals surface area contributed by atoms with E-state index in [9.17, 15) is 0 Å². The fraction of sp³-hybridized carbons (Fsp3) is 0.667. The fourth-order valence-electron chi connectivity index (χ4n) is 1.50. The normalized spacial score (nSPS) is 24.1. The van der Waals surface area contributed by atoms with Crippen molar-refractivity contribution in [2.24, 2.45) is 5.41 Å². The molecule has 80 valence electrons. The number of ether oxygens (including phenoxy) is 2. The van der Waals surface area contributed by atoms with Crippen molar-refractivity contribution in [3.05, 3.63) is 25.3 Å². The first-order valence-corrected chi connectivity index (χ1v) is 5.03. The van der Waals surface area contributed by atoms with E-state index >= 15 is 0 Å². The van der Waals surface area contributed by atoms with Crippen molar-refractivity contribution < 1.29 is 9.47 Å². The van der Waals surface area contributed by atoms with Crippen LogP contribution in [0, 0.1) is 5.41 Å². The molecule has 1 aliphatic heterocycles. The third-order valence-corrected chi connectivity index (χ3v) is 2.36. The average Bonchev–Trinajstić information content (AvgIpc) is 2.12. The van der Waals surface area contributed by atoms with Crippen LogP contribution in [0.5, 0.6) is 0 Å². The highest BCUT2D eigenvalue weighted by Gasteiger charge is 2.38. The first-order chi connectivity index (χ1) is 6.54. The molecule has 0 unspecified atom stereocenters. The molecule has 0 radical (unpaired) electrons. The van der Waals surface area contributed by atoms with Crippen molar-refractivity contribution in [1.82, 2.24) is 0 Å². The monoisotopic (exact) mass is 196 g/mol. The maximum absolute atomic E-state index is 5.80. The Bertz CT molecular complexity index is 196. The highest BCUT2D eigenvalue weighted by Crippen LogP contribution is 2.34. The third kappa shape index (κ3) is 2.69. The quantitative estimate of drug-likeness (QED) is 0.644. The van der Waals surface area contributed by atoms with Crippen molar-refractivity contribution in [1.29, 1.82) is 0 Å². The van der Waals surface area contributed by atoms with Crippen LogP contribution >= 0.6 is 0 Å². The van der Waals surface area contributed by atoms with Gasteiger partial charge in [-0.1, -0.05) is 26.0 Å². The molecule has 0 saturated carbocycles. The molecule has 1 aliphatic rings. The van der Waals surface area contributed by atoms with Gasteiger partial charge in [0.1, 0.15) is 0 Å². The van der Waals surface area contributed by atoms with E-state index in [2.05, 4.69) is 27.0 Å². The summed E-state index contributed by atoms with van der Waals surface area (Å²) in [6.45, 7) is 13.2. The summed E-state index contributed by atoms with van der Waals surface area (Å²) in [6.07, 6.45) is 5.11. The minimum atomic E-state index is -0.501. The molecule has 0 amide bonds. The SMILES string of the molecule is C=CCC1(CC=C)OCC(C)(C)CO1. The van der Waals surface area contributed by atoms with Gasteiger partial charge in [0, 0.05) is 18.3 Å². The van der Waals surface area contributed by atoms with Crippen LogP contribution in [-0.4, -0.2) is 19.0 Å². The fourth-order valence-corrected chi connectivity index (χ4v) is 1.50. The van der Waals surface area contributed by atoms with Gasteiger partial charge >= 0.3 is 0 Å². The van der Waals surface area contributed by atoms with Gasteiger partial charge in [-0.25, -0.2) is 0 Å². The van der Waals surface area contributed by atoms with Crippen molar-refractivity contribution >= 4 is 0 Å². The zero-order chi connectivity index (χ0) is 10.7. The predicted molar refractivity (Wildman–Crippen MR) is 58.0 cm³/mol. The van der Waals surface area contributed by atoms with E-state index in [0.29, 0.717) is 0 Å². The second-order valence-electron chi connectivity index (χ2n) is 4.64. The summed E-state index contributed by atoms with van der Waals surface area (Å²) in [4.78, 5) is 0. The van der Waals surface area contributed by atoms with Crippen molar-refractivity contribution in [3.8, 4) is 0 Å². The van der Waals surface area contributed by atoms with Gasteiger partial charge in [0.25, 0.3) is 0 Å². The van der Waals surface area contributed by atoms with E-state index in [4.69, 9.17) is 9.47 Å². The molecule has 0 N–H and O–H groups in total. The second-order valence-corrected chi connectivity index (χ2v) is 4.64. The topological polar surface area (TPSA) is 18.5 Å². The molecular formula is C12H20O2. The van der Waals surface area contributed by atoms with Crippen LogP contribution in [0.4, 0.5) is 0 Å². The summed E-state index contributed by atoms with van der Waals surface area (Å²) in [5, 5.41) is 0. The molecule has 0 bridgehead atoms. The van der Waals surface area contributed by atoms with E-state index < -0.39 is 5.79 Å². The van der Waals surface area contributed by atoms with Crippen molar-refractivity contribution in [2.75, 3.05) is 13.2 Å². The molecule has 0 spiro atoms. The lowest BCUT2D eigenvalue weighted by Gasteiger charge is -2.42. The van der Waals surface area contributed by atoms with Gasteiger partial charge in [-0.3, -0.25) is 0 Å². The van der Waals surface area contributed by atoms with E-state index in [0.717, 1.165) is 26.1 Å². The molecule has 1 saturated heterocycles. The van der Waals surface area contributed by atoms with Crippen LogP contribution in [0.2, 0.25) is 0 Å². The molecule has 0 aromatic carbocycles. The first-order valence-electron chi connectivity index (χ1n) is 5.03. The summed E-state index contributed by atoms with van der Waals surface area (Å²) >= 11 is 0. The van der Waals surface area contributed by atoms with Gasteiger partial charge in [-0.05, 0) is 0 Å². The van der Waals surface area contributed by atoms with E-state index in [1.165, 1.54) is 0 Å². The van der Waals surface area contributed by atoms with Gasteiger partial charge in [0.15, 0.2) is 5.79 Å². The Balaban J connectivity index is 2.63. The second kappa shape index (κ2) is 4.28. The highest BCUT2D eigenvalue weighted by atomic mass is 16.7. The Morgan fingerprint density at radius 3 is 1.86 bits per heavy atom. The minimum absolute atomic E-state index is 0.117. The summed E-state index contributed by atoms with van der Waals surface area (Å²) in [5.41, 5.74) is 0.117. The van der Waals surface area contributed by atoms with Crippen LogP contribution in [0.15, 0.2) is 25.3 Å². The lowest BCUT2D eigenvalue weighted by atomic mass is 9.93. The lowest BCUT2D eigenvalue weighted by molar-refractivity contribution is -0.295. The van der Waals surface area contributed by atoms with Crippen LogP contribution in [-0.2, 0) is 9.47 Å². The van der Waals surface area contributed by atoms with Crippen molar-refractivity contribution in [3.63, 3.8) is 0 Å². The van der Waals surface area contributed by atoms with E-state index in [1.54, 1.807) is 0 Å². The Labute approximate surface area is 86.6 Å². The number of hydrogen-bond acceptors (Lipinski definition) is 2. The maximum Gasteiger partial charge on any atom is 0.175 e. The Hall–Kier alpha value is -0.600. The lowest BCUT2D eigenvalue weighted by Crippen LogP contribution is -2.47. The van der Waals surface area contributed by atoms with E-state index in [-0.39, 0.29) is 5.41 Å². The van der Waals surface area contributed by atoms with Crippen LogP contribution in [0.3, 0.4) is 0 Å². The standard InChI is InChI=1S/C12H20O2/c1-5-7-12(8-6-2)13-9-11(3,4)10-14-12/h5-6H,1-2,7-10H2,3-4H3. The molecule has 0 atom stereocenters. The summed E-state index contributed by atoms with van der Waals surface area (Å²) < 4.78 is 11.6. The molecule has 1 heterocycles. The minimum Gasteiger partial charge on any atom is -0.349 e. The smallest absolute Gasteiger partial charge is 0.175 e. The average molecular weight is 196 g/mol. The summed E-state index contributed by atoms with van der Waals surface area (Å²) in [6, 6.07) is 0. The molecule has 2 nitrogen and oxygen atoms in total. The van der Waals surface area contributed by atoms with E-state index in [1.807, 2.05) is 12.2 Å². The summed E-state index contributed by atoms with van der Waals surface area (Å²) in [7, 11) is 0. The van der Waals surface area contributed by atoms with Gasteiger partial charge < -0.3 is 9.47 Å². The van der Waals surface area contributed by atoms with Gasteiger partial charge in [0.05, 0.1) is 13.2 Å². The molecule has 0 aromatic heterocycles. The first kappa shape index (κ1) is 11.5. The molecule has 0 aliphatic carbocycles. The number of rotatable bonds is 4. The molecular weight excluding hydrogens is 176 g/mol. The predicted octanol–water partition coefficient (Wildman–Crippen LogP) is 2.91. The zero-order valence-corrected chi connectivity index (χ0v) is 9.21. The Morgan fingerprint density at radius 1 is 1.07 bits per heavy atom. The zero-order valence-electron chi connectivity index (χ0n) is 9.21. The molecule has 1 rings (SSSR count). The van der Waals surface area contributed by atoms with Crippen LogP contribution < -0.4 is 0 Å². The van der Waals surface area contributed by atoms with Gasteiger partial charge in [-0.2, -0.15) is 0 Å². The van der Waals surface area contributed by atoms with Crippen LogP contribution in [0.25, 0.3) is 0 Å². The van der Waals surface area contributed by atoms with Gasteiger partial charge in [0.2, 0.25) is 0 Å². The van der Waals surface area contributed by atoms with Gasteiger partial charge in [-0.15, -0.1) is 13.2 Å². The summed E-state index contributed by atoms with van der Waals surface area (Å²) in [5.74, 6) is -0.501. The molecule has 14 heavy (non-hydrogen) atoms. The molecule has 2 heteroatoms. The maximum atomic E-state index is 5.80. The highest BCUT2D eigenvalue weighted by molar-refractivity contribution is 4.90.